The molecule has 13 rings (SSSR count). The van der Waals surface area contributed by atoms with E-state index in [1.165, 1.54) is 6.08 Å². The van der Waals surface area contributed by atoms with E-state index in [1.54, 1.807) is 12.1 Å². The number of carbonyl (C=O) groups excluding carboxylic acids is 5. The van der Waals surface area contributed by atoms with E-state index in [0.717, 1.165) is 39.2 Å². The van der Waals surface area contributed by atoms with Gasteiger partial charge in [0.25, 0.3) is 11.8 Å². The number of para-hydroxylation sites is 1. The van der Waals surface area contributed by atoms with Gasteiger partial charge in [0.2, 0.25) is 23.2 Å². The molecule has 22 heteroatoms. The average Bonchev–Trinajstić information content (AvgIpc) is 1.16. The number of aromatic nitrogens is 4. The second kappa shape index (κ2) is 31.5. The maximum Gasteiger partial charge on any atom is 0.349 e. The number of pyridine rings is 2. The summed E-state index contributed by atoms with van der Waals surface area (Å²) in [5, 5.41) is 19.7. The van der Waals surface area contributed by atoms with Gasteiger partial charge < -0.3 is 42.0 Å². The van der Waals surface area contributed by atoms with E-state index in [0.29, 0.717) is 65.8 Å². The summed E-state index contributed by atoms with van der Waals surface area (Å²) in [6.07, 6.45) is 4.85. The molecule has 4 aromatic heterocycles. The Bertz CT molecular complexity index is 4620. The van der Waals surface area contributed by atoms with E-state index in [-0.39, 0.29) is 75.3 Å². The zero-order chi connectivity index (χ0) is 77.2. The largest absolute Gasteiger partial charge is 0.507 e. The Labute approximate surface area is 624 Å². The van der Waals surface area contributed by atoms with Crippen molar-refractivity contribution >= 4 is 51.5 Å². The number of ketones is 4. The van der Waals surface area contributed by atoms with Crippen molar-refractivity contribution in [2.45, 2.75) is 168 Å². The van der Waals surface area contributed by atoms with Crippen LogP contribution in [0.4, 0.5) is 0 Å². The Kier molecular flexibility index (Phi) is 23.5. The molecule has 0 bridgehead atoms. The lowest BCUT2D eigenvalue weighted by molar-refractivity contribution is -0.140. The molecule has 558 valence electrons. The molecule has 8 aromatic rings. The Balaban J connectivity index is 0.000000175. The van der Waals surface area contributed by atoms with Gasteiger partial charge in [0.05, 0.1) is 12.1 Å². The lowest BCUT2D eigenvalue weighted by Crippen LogP contribution is -2.68. The maximum absolute atomic E-state index is 15.2. The van der Waals surface area contributed by atoms with E-state index in [1.807, 2.05) is 206 Å². The molecule has 7 atom stereocenters. The van der Waals surface area contributed by atoms with E-state index in [4.69, 9.17) is 36.8 Å². The highest BCUT2D eigenvalue weighted by atomic mass is 28.4. The van der Waals surface area contributed by atoms with Crippen LogP contribution in [-0.2, 0) is 44.7 Å². The molecular formula is C84H100N6O14Si2. The van der Waals surface area contributed by atoms with Crippen molar-refractivity contribution in [1.29, 1.82) is 0 Å². The molecular weight excluding hydrogens is 1370 g/mol. The van der Waals surface area contributed by atoms with Crippen LogP contribution in [0.5, 0.6) is 23.4 Å². The molecule has 0 spiro atoms. The molecule has 5 aliphatic rings. The van der Waals surface area contributed by atoms with Crippen LogP contribution >= 0.6 is 0 Å². The summed E-state index contributed by atoms with van der Waals surface area (Å²) in [5.41, 5.74) is 4.88. The maximum atomic E-state index is 15.2. The molecule has 20 nitrogen and oxygen atoms in total. The minimum Gasteiger partial charge on any atom is -0.507 e. The van der Waals surface area contributed by atoms with Crippen molar-refractivity contribution in [3.05, 3.63) is 243 Å². The minimum absolute atomic E-state index is 0.0417. The van der Waals surface area contributed by atoms with Gasteiger partial charge in [-0.15, -0.1) is 13.2 Å². The third-order valence-corrected chi connectivity index (χ3v) is 30.3. The molecule has 4 heterocycles. The van der Waals surface area contributed by atoms with Crippen LogP contribution in [0, 0.1) is 45.4 Å². The second-order valence-corrected chi connectivity index (χ2v) is 40.7. The van der Waals surface area contributed by atoms with Crippen molar-refractivity contribution in [3.63, 3.8) is 0 Å². The van der Waals surface area contributed by atoms with Gasteiger partial charge in [-0.05, 0) is 186 Å². The van der Waals surface area contributed by atoms with E-state index >= 15 is 9.59 Å². The Morgan fingerprint density at radius 1 is 0.585 bits per heavy atom. The summed E-state index contributed by atoms with van der Waals surface area (Å²) in [7, 11) is 2.34. The zero-order valence-corrected chi connectivity index (χ0v) is 66.3. The molecule has 0 amide bonds. The molecule has 1 N–H and O–H groups in total. The number of benzene rings is 4. The number of aryl methyl sites for hydroxylation is 4. The van der Waals surface area contributed by atoms with E-state index < -0.39 is 69.0 Å². The number of allylic oxidation sites excluding steroid dienone is 1. The number of nitrogens with zero attached hydrogens (tertiary/aromatic N) is 6. The third-order valence-electron chi connectivity index (χ3n) is 21.5. The van der Waals surface area contributed by atoms with Gasteiger partial charge in [-0.2, -0.15) is 0 Å². The SMILES string of the molecule is C=C.CN(C)[C@@H]1c2onc(OCc3ccccc3)c2C(=O)[C@@]2(O[Si](C)(C)C(C)(C)C)C(=O)C=CC[C@@H]12.Cc1cc(C)c(C(=O)Oc2ccccc2)c(OCc2ccccc2)n1.Cc1cc2c(c(C)n1)C(O)=C1C(=O)[C@]3(O[Si](C)(C)C(C)(C)C)C(=O)c4c(OCc5ccccc5)noc4[C@@H](N(C)C)[C@@H]3C[C@@H]1C2. The molecule has 5 aliphatic carbocycles. The predicted octanol–water partition coefficient (Wildman–Crippen LogP) is 16.8. The number of carbonyl (C=O) groups is 5. The van der Waals surface area contributed by atoms with Crippen LogP contribution in [0.2, 0.25) is 36.3 Å². The van der Waals surface area contributed by atoms with Gasteiger partial charge in [-0.1, -0.05) is 157 Å². The number of hydrogen-bond acceptors (Lipinski definition) is 20. The topological polar surface area (TPSA) is 245 Å². The number of esters is 1. The van der Waals surface area contributed by atoms with E-state index in [2.05, 4.69) is 88.1 Å². The molecule has 1 fully saturated rings. The van der Waals surface area contributed by atoms with Crippen LogP contribution in [-0.4, -0.2) is 120 Å². The summed E-state index contributed by atoms with van der Waals surface area (Å²) in [5.74, 6) is -1.86. The number of Topliss-reactive ketones (excluding diaryl/α,β-unsaturated/α-hetero) is 3. The molecule has 0 saturated heterocycles. The number of rotatable bonds is 17. The highest BCUT2D eigenvalue weighted by Crippen LogP contribution is 2.60. The average molecular weight is 1470 g/mol. The third kappa shape index (κ3) is 15.4. The van der Waals surface area contributed by atoms with Gasteiger partial charge in [0.1, 0.15) is 48.0 Å². The van der Waals surface area contributed by atoms with Gasteiger partial charge >= 0.3 is 5.97 Å². The minimum atomic E-state index is -2.78. The first kappa shape index (κ1) is 79.0. The van der Waals surface area contributed by atoms with Crippen LogP contribution in [0.25, 0.3) is 5.76 Å². The van der Waals surface area contributed by atoms with Crippen LogP contribution in [0.1, 0.15) is 160 Å². The lowest BCUT2D eigenvalue weighted by atomic mass is 9.57. The number of ether oxygens (including phenoxy) is 4. The fourth-order valence-corrected chi connectivity index (χ4v) is 17.3. The first-order valence-electron chi connectivity index (χ1n) is 35.9. The number of fused-ring (bicyclic) bond motifs is 6. The van der Waals surface area contributed by atoms with Gasteiger partial charge in [0.15, 0.2) is 45.1 Å². The fourth-order valence-electron chi connectivity index (χ4n) is 14.4. The molecule has 1 saturated carbocycles. The van der Waals surface area contributed by atoms with Gasteiger partial charge in [-0.3, -0.25) is 34.0 Å². The molecule has 4 aromatic carbocycles. The quantitative estimate of drug-likeness (QED) is 0.0293. The van der Waals surface area contributed by atoms with Gasteiger partial charge in [0, 0.05) is 40.1 Å². The van der Waals surface area contributed by atoms with Crippen LogP contribution < -0.4 is 18.9 Å². The van der Waals surface area contributed by atoms with Crippen molar-refractivity contribution in [3.8, 4) is 23.4 Å². The summed E-state index contributed by atoms with van der Waals surface area (Å²) in [6.45, 7) is 35.0. The van der Waals surface area contributed by atoms with Crippen molar-refractivity contribution in [2.24, 2.45) is 17.8 Å². The van der Waals surface area contributed by atoms with Crippen LogP contribution in [0.15, 0.2) is 173 Å². The Hall–Kier alpha value is -9.56. The monoisotopic (exact) mass is 1470 g/mol. The van der Waals surface area contributed by atoms with Crippen LogP contribution in [0.3, 0.4) is 0 Å². The van der Waals surface area contributed by atoms with Gasteiger partial charge in [-0.25, -0.2) is 9.78 Å². The zero-order valence-electron chi connectivity index (χ0n) is 64.3. The second-order valence-electron chi connectivity index (χ2n) is 31.2. The molecule has 0 radical (unpaired) electrons. The predicted molar refractivity (Wildman–Crippen MR) is 411 cm³/mol. The standard InChI is InChI=1S/C35H43N3O6Si.C26H34N2O5Si.C21H19NO3.C2H4/c1-19-15-22-16-23-17-24-28(38(6)7)30-27(33(37-43-30)42-18-21-13-11-10-12-14-21)32(41)35(24,44-45(8,9)34(3,4)5)31(40)26(23)29(39)25(22)20(2)36-19;1-25(2,3)34(6,7)33-26-18(14-11-15-19(26)29)21(28(4)5)22-20(23(26)30)24(27-32-22)31-16-17-12-9-8-10-13-17;1-15-13-16(2)22-20(24-14-17-9-5-3-6-10-17)19(15)21(23)25-18-11-7-4-8-12-18;1-2/h10-15,23-24,28,39H,16-18H2,1-9H3;8-13,15,18,21H,14,16H2,1-7H3;3-13H,14H2,1-2H3;1-2H2/t23-,24-,28-,35-;18-,21-,26-;;/m00../s1. The molecule has 0 unspecified atom stereocenters. The summed E-state index contributed by atoms with van der Waals surface area (Å²) in [4.78, 5) is 83.9. The van der Waals surface area contributed by atoms with Crippen molar-refractivity contribution in [2.75, 3.05) is 28.2 Å². The summed E-state index contributed by atoms with van der Waals surface area (Å²) < 4.78 is 49.0. The first-order valence-corrected chi connectivity index (χ1v) is 41.7. The fraction of sp³-hybridized carbons (Fsp3) is 0.393. The molecule has 106 heavy (non-hydrogen) atoms. The van der Waals surface area contributed by atoms with Crippen molar-refractivity contribution < 1.29 is 65.9 Å². The Morgan fingerprint density at radius 2 is 1.02 bits per heavy atom. The number of hydrogen-bond donors (Lipinski definition) is 1. The number of aliphatic hydroxyl groups is 1. The smallest absolute Gasteiger partial charge is 0.349 e. The van der Waals surface area contributed by atoms with Crippen molar-refractivity contribution in [1.82, 2.24) is 30.1 Å². The normalized spacial score (nSPS) is 20.9. The van der Waals surface area contributed by atoms with E-state index in [9.17, 15) is 19.5 Å². The summed E-state index contributed by atoms with van der Waals surface area (Å²) in [6, 6.07) is 40.9. The summed E-state index contributed by atoms with van der Waals surface area (Å²) >= 11 is 0. The lowest BCUT2D eigenvalue weighted by Gasteiger charge is -2.55. The Morgan fingerprint density at radius 3 is 1.49 bits per heavy atom. The molecule has 0 aliphatic heterocycles. The highest BCUT2D eigenvalue weighted by molar-refractivity contribution is 6.75. The first-order chi connectivity index (χ1) is 50.1. The number of aliphatic hydroxyl groups excluding tert-OH is 1. The highest BCUT2D eigenvalue weighted by Gasteiger charge is 2.69.